The summed E-state index contributed by atoms with van der Waals surface area (Å²) in [5.74, 6) is 2.03. The lowest BCUT2D eigenvalue weighted by atomic mass is 10.0. The van der Waals surface area contributed by atoms with Crippen molar-refractivity contribution in [1.82, 2.24) is 15.3 Å². The molecule has 0 radical (unpaired) electrons. The minimum absolute atomic E-state index is 0.191. The van der Waals surface area contributed by atoms with E-state index in [9.17, 15) is 4.79 Å². The molecule has 34 heavy (non-hydrogen) atoms. The minimum Gasteiger partial charge on any atom is -0.497 e. The summed E-state index contributed by atoms with van der Waals surface area (Å²) in [5, 5.41) is 4.11. The van der Waals surface area contributed by atoms with Gasteiger partial charge in [-0.25, -0.2) is 4.98 Å². The molecule has 1 aromatic heterocycles. The van der Waals surface area contributed by atoms with Crippen molar-refractivity contribution in [2.45, 2.75) is 5.16 Å². The van der Waals surface area contributed by atoms with Gasteiger partial charge in [-0.05, 0) is 60.7 Å². The predicted octanol–water partition coefficient (Wildman–Crippen LogP) is 5.94. The van der Waals surface area contributed by atoms with Crippen LogP contribution in [-0.4, -0.2) is 42.4 Å². The molecule has 1 heterocycles. The molecule has 0 spiro atoms. The molecule has 0 aliphatic heterocycles. The molecule has 174 valence electrons. The molecule has 0 atom stereocenters. The topological polar surface area (TPSA) is 76.2 Å². The summed E-state index contributed by atoms with van der Waals surface area (Å²) in [6.45, 7) is 0.477. The second-order valence-corrected chi connectivity index (χ2v) is 8.80. The van der Waals surface area contributed by atoms with Crippen LogP contribution in [0.4, 0.5) is 0 Å². The Morgan fingerprint density at radius 2 is 1.56 bits per heavy atom. The average Bonchev–Trinajstić information content (AvgIpc) is 3.31. The number of nitrogens with zero attached hydrogens (tertiary/aromatic N) is 1. The minimum atomic E-state index is -0.191. The van der Waals surface area contributed by atoms with E-state index in [2.05, 4.69) is 10.3 Å². The average molecular weight is 494 g/mol. The summed E-state index contributed by atoms with van der Waals surface area (Å²) in [6, 6.07) is 22.6. The van der Waals surface area contributed by atoms with Crippen LogP contribution in [0.1, 0.15) is 10.4 Å². The molecule has 0 saturated heterocycles. The number of rotatable bonds is 9. The summed E-state index contributed by atoms with van der Waals surface area (Å²) in [5.41, 5.74) is 4.20. The SMILES string of the molecule is COc1ccc(-c2nc(SCCNC(=O)c3ccccc3Cl)[nH]c2-c2ccc(OC)cc2)cc1. The van der Waals surface area contributed by atoms with Gasteiger partial charge in [-0.1, -0.05) is 35.5 Å². The summed E-state index contributed by atoms with van der Waals surface area (Å²) in [4.78, 5) is 20.6. The number of halogens is 1. The first-order valence-corrected chi connectivity index (χ1v) is 12.0. The highest BCUT2D eigenvalue weighted by atomic mass is 35.5. The number of benzene rings is 3. The number of thioether (sulfide) groups is 1. The molecule has 0 unspecified atom stereocenters. The molecule has 0 fully saturated rings. The monoisotopic (exact) mass is 493 g/mol. The van der Waals surface area contributed by atoms with E-state index in [1.54, 1.807) is 38.5 Å². The van der Waals surface area contributed by atoms with Crippen LogP contribution in [0.3, 0.4) is 0 Å². The van der Waals surface area contributed by atoms with E-state index in [4.69, 9.17) is 26.1 Å². The summed E-state index contributed by atoms with van der Waals surface area (Å²) < 4.78 is 10.6. The summed E-state index contributed by atoms with van der Waals surface area (Å²) in [7, 11) is 3.29. The molecule has 1 amide bonds. The number of ether oxygens (including phenoxy) is 2. The number of hydrogen-bond acceptors (Lipinski definition) is 5. The van der Waals surface area contributed by atoms with Gasteiger partial charge < -0.3 is 19.8 Å². The Morgan fingerprint density at radius 1 is 0.941 bits per heavy atom. The lowest BCUT2D eigenvalue weighted by molar-refractivity contribution is 0.0956. The van der Waals surface area contributed by atoms with E-state index in [0.29, 0.717) is 22.9 Å². The van der Waals surface area contributed by atoms with Crippen molar-refractivity contribution < 1.29 is 14.3 Å². The first-order chi connectivity index (χ1) is 16.6. The Balaban J connectivity index is 1.50. The van der Waals surface area contributed by atoms with Crippen LogP contribution in [0.25, 0.3) is 22.5 Å². The first kappa shape index (κ1) is 23.7. The maximum absolute atomic E-state index is 12.4. The first-order valence-electron chi connectivity index (χ1n) is 10.6. The number of H-pyrrole nitrogens is 1. The molecular weight excluding hydrogens is 470 g/mol. The number of amides is 1. The zero-order valence-electron chi connectivity index (χ0n) is 18.8. The van der Waals surface area contributed by atoms with Gasteiger partial charge in [0.15, 0.2) is 5.16 Å². The molecule has 6 nitrogen and oxygen atoms in total. The Morgan fingerprint density at radius 3 is 2.18 bits per heavy atom. The fraction of sp³-hybridized carbons (Fsp3) is 0.154. The Labute approximate surface area is 207 Å². The summed E-state index contributed by atoms with van der Waals surface area (Å²) >= 11 is 7.64. The van der Waals surface area contributed by atoms with Crippen molar-refractivity contribution in [3.05, 3.63) is 83.4 Å². The molecule has 0 bridgehead atoms. The molecule has 8 heteroatoms. The largest absolute Gasteiger partial charge is 0.497 e. The number of carbonyl (C=O) groups excluding carboxylic acids is 1. The van der Waals surface area contributed by atoms with E-state index in [1.807, 2.05) is 48.5 Å². The van der Waals surface area contributed by atoms with E-state index in [0.717, 1.165) is 39.2 Å². The van der Waals surface area contributed by atoms with Crippen LogP contribution in [-0.2, 0) is 0 Å². The van der Waals surface area contributed by atoms with E-state index in [1.165, 1.54) is 11.8 Å². The fourth-order valence-corrected chi connectivity index (χ4v) is 4.35. The standard InChI is InChI=1S/C26H24ClN3O3S/c1-32-19-11-7-17(8-12-19)23-24(18-9-13-20(33-2)14-10-18)30-26(29-23)34-16-15-28-25(31)21-5-3-4-6-22(21)27/h3-14H,15-16H2,1-2H3,(H,28,31)(H,29,30). The van der Waals surface area contributed by atoms with Gasteiger partial charge in [-0.2, -0.15) is 0 Å². The van der Waals surface area contributed by atoms with Crippen LogP contribution in [0.15, 0.2) is 78.0 Å². The fourth-order valence-electron chi connectivity index (χ4n) is 3.40. The maximum Gasteiger partial charge on any atom is 0.252 e. The van der Waals surface area contributed by atoms with E-state index >= 15 is 0 Å². The zero-order chi connectivity index (χ0) is 23.9. The lowest BCUT2D eigenvalue weighted by Crippen LogP contribution is -2.25. The number of imidazole rings is 1. The van der Waals surface area contributed by atoms with Crippen LogP contribution in [0.2, 0.25) is 5.02 Å². The molecular formula is C26H24ClN3O3S. The van der Waals surface area contributed by atoms with E-state index in [-0.39, 0.29) is 5.91 Å². The highest BCUT2D eigenvalue weighted by Gasteiger charge is 2.15. The van der Waals surface area contributed by atoms with Crippen LogP contribution < -0.4 is 14.8 Å². The predicted molar refractivity (Wildman–Crippen MR) is 137 cm³/mol. The number of aromatic nitrogens is 2. The Kier molecular flexibility index (Phi) is 7.77. The van der Waals surface area contributed by atoms with Gasteiger partial charge in [0.2, 0.25) is 0 Å². The van der Waals surface area contributed by atoms with Crippen molar-refractivity contribution in [1.29, 1.82) is 0 Å². The quantitative estimate of drug-likeness (QED) is 0.223. The van der Waals surface area contributed by atoms with Gasteiger partial charge in [0.1, 0.15) is 11.5 Å². The molecule has 3 aromatic carbocycles. The molecule has 0 aliphatic carbocycles. The third kappa shape index (κ3) is 5.55. The highest BCUT2D eigenvalue weighted by molar-refractivity contribution is 7.99. The van der Waals surface area contributed by atoms with Crippen molar-refractivity contribution in [3.63, 3.8) is 0 Å². The number of aromatic amines is 1. The number of methoxy groups -OCH3 is 2. The number of hydrogen-bond donors (Lipinski definition) is 2. The van der Waals surface area contributed by atoms with Crippen LogP contribution in [0, 0.1) is 0 Å². The van der Waals surface area contributed by atoms with Crippen LogP contribution in [0.5, 0.6) is 11.5 Å². The molecule has 4 rings (SSSR count). The second kappa shape index (κ2) is 11.1. The molecule has 0 saturated carbocycles. The number of carbonyl (C=O) groups is 1. The van der Waals surface area contributed by atoms with E-state index < -0.39 is 0 Å². The normalized spacial score (nSPS) is 10.7. The smallest absolute Gasteiger partial charge is 0.252 e. The third-order valence-corrected chi connectivity index (χ3v) is 6.37. The van der Waals surface area contributed by atoms with Gasteiger partial charge in [0.05, 0.1) is 36.2 Å². The third-order valence-electron chi connectivity index (χ3n) is 5.17. The Bertz CT molecular complexity index is 1190. The Hall–Kier alpha value is -3.42. The van der Waals surface area contributed by atoms with Crippen molar-refractivity contribution in [2.24, 2.45) is 0 Å². The number of nitrogens with one attached hydrogen (secondary N) is 2. The van der Waals surface area contributed by atoms with Crippen molar-refractivity contribution >= 4 is 29.3 Å². The van der Waals surface area contributed by atoms with Gasteiger partial charge in [0, 0.05) is 23.4 Å². The van der Waals surface area contributed by atoms with Crippen molar-refractivity contribution in [3.8, 4) is 34.0 Å². The van der Waals surface area contributed by atoms with Gasteiger partial charge in [-0.15, -0.1) is 0 Å². The van der Waals surface area contributed by atoms with Gasteiger partial charge in [-0.3, -0.25) is 4.79 Å². The molecule has 2 N–H and O–H groups in total. The summed E-state index contributed by atoms with van der Waals surface area (Å²) in [6.07, 6.45) is 0. The van der Waals surface area contributed by atoms with Gasteiger partial charge in [0.25, 0.3) is 5.91 Å². The van der Waals surface area contributed by atoms with Crippen LogP contribution >= 0.6 is 23.4 Å². The van der Waals surface area contributed by atoms with Gasteiger partial charge >= 0.3 is 0 Å². The second-order valence-electron chi connectivity index (χ2n) is 7.31. The molecule has 4 aromatic rings. The van der Waals surface area contributed by atoms with Crippen molar-refractivity contribution in [2.75, 3.05) is 26.5 Å². The molecule has 0 aliphatic rings. The lowest BCUT2D eigenvalue weighted by Gasteiger charge is -2.06. The zero-order valence-corrected chi connectivity index (χ0v) is 20.4. The highest BCUT2D eigenvalue weighted by Crippen LogP contribution is 2.34. The maximum atomic E-state index is 12.4.